The van der Waals surface area contributed by atoms with Crippen LogP contribution in [-0.2, 0) is 21.9 Å². The Hall–Kier alpha value is -0.0905. The van der Waals surface area contributed by atoms with E-state index in [4.69, 9.17) is 15.0 Å². The topological polar surface area (TPSA) is 89.0 Å². The molecule has 5 heteroatoms. The van der Waals surface area contributed by atoms with Crippen LogP contribution in [0.15, 0.2) is 0 Å². The van der Waals surface area contributed by atoms with Gasteiger partial charge in [-0.15, -0.1) is 0 Å². The molecular formula is C3H10CuO4. The fourth-order valence-electron chi connectivity index (χ4n) is 0. The number of aliphatic carboxylic acids is 1. The van der Waals surface area contributed by atoms with Gasteiger partial charge >= 0.3 is 0 Å². The molecule has 0 aromatic rings. The molecule has 0 fully saturated rings. The van der Waals surface area contributed by atoms with E-state index in [1.165, 1.54) is 0 Å². The van der Waals surface area contributed by atoms with E-state index >= 15 is 0 Å². The Balaban J connectivity index is -0.0000000183. The predicted octanol–water partition coefficient (Wildman–Crippen LogP) is -1.13. The molecule has 0 rings (SSSR count). The van der Waals surface area contributed by atoms with Crippen molar-refractivity contribution in [2.75, 3.05) is 7.11 Å². The van der Waals surface area contributed by atoms with Gasteiger partial charge in [0.05, 0.1) is 0 Å². The van der Waals surface area contributed by atoms with Crippen molar-refractivity contribution in [2.45, 2.75) is 6.92 Å². The molecular weight excluding hydrogens is 164 g/mol. The molecule has 0 saturated carbocycles. The molecule has 1 radical (unpaired) electrons. The Morgan fingerprint density at radius 3 is 1.38 bits per heavy atom. The maximum Gasteiger partial charge on any atom is 0.300 e. The van der Waals surface area contributed by atoms with Crippen LogP contribution in [0, 0.1) is 0 Å². The molecule has 0 spiro atoms. The first-order valence-corrected chi connectivity index (χ1v) is 1.37. The molecule has 0 heterocycles. The Labute approximate surface area is 58.3 Å². The van der Waals surface area contributed by atoms with Crippen molar-refractivity contribution in [1.82, 2.24) is 0 Å². The van der Waals surface area contributed by atoms with Crippen molar-refractivity contribution in [3.8, 4) is 0 Å². The van der Waals surface area contributed by atoms with Crippen LogP contribution >= 0.6 is 0 Å². The molecule has 0 bridgehead atoms. The first kappa shape index (κ1) is 24.7. The van der Waals surface area contributed by atoms with E-state index < -0.39 is 5.97 Å². The molecule has 0 unspecified atom stereocenters. The fourth-order valence-corrected chi connectivity index (χ4v) is 0. The minimum absolute atomic E-state index is 0. The number of carboxylic acid groups (broad SMARTS) is 1. The summed E-state index contributed by atoms with van der Waals surface area (Å²) in [5.74, 6) is -0.833. The van der Waals surface area contributed by atoms with Crippen LogP contribution in [0.1, 0.15) is 6.92 Å². The van der Waals surface area contributed by atoms with Crippen molar-refractivity contribution < 1.29 is 37.6 Å². The molecule has 0 aromatic carbocycles. The van der Waals surface area contributed by atoms with Gasteiger partial charge in [-0.25, -0.2) is 0 Å². The van der Waals surface area contributed by atoms with Crippen molar-refractivity contribution in [3.63, 3.8) is 0 Å². The van der Waals surface area contributed by atoms with Crippen LogP contribution in [0.5, 0.6) is 0 Å². The quantitative estimate of drug-likeness (QED) is 0.455. The molecule has 0 aliphatic heterocycles. The summed E-state index contributed by atoms with van der Waals surface area (Å²) in [4.78, 5) is 9.00. The molecule has 8 heavy (non-hydrogen) atoms. The van der Waals surface area contributed by atoms with Crippen molar-refractivity contribution in [2.24, 2.45) is 0 Å². The van der Waals surface area contributed by atoms with E-state index in [1.807, 2.05) is 0 Å². The number of hydrogen-bond donors (Lipinski definition) is 2. The summed E-state index contributed by atoms with van der Waals surface area (Å²) in [6.45, 7) is 1.08. The second-order valence-corrected chi connectivity index (χ2v) is 0.519. The van der Waals surface area contributed by atoms with E-state index in [0.29, 0.717) is 0 Å². The van der Waals surface area contributed by atoms with Crippen LogP contribution in [0.3, 0.4) is 0 Å². The summed E-state index contributed by atoms with van der Waals surface area (Å²) in [6, 6.07) is 0. The van der Waals surface area contributed by atoms with E-state index in [9.17, 15) is 0 Å². The molecule has 0 aliphatic rings. The molecule has 0 aliphatic carbocycles. The molecule has 0 aromatic heterocycles. The zero-order valence-corrected chi connectivity index (χ0v) is 5.55. The molecule has 0 saturated heterocycles. The third-order valence-corrected chi connectivity index (χ3v) is 0. The zero-order chi connectivity index (χ0) is 5.58. The standard InChI is InChI=1S/C2H4O2.CH4O.Cu.H2O/c1-2(3)4;1-2;;/h1H3,(H,3,4);2H,1H3;;1H2. The second kappa shape index (κ2) is 28.5. The van der Waals surface area contributed by atoms with Gasteiger partial charge in [-0.2, -0.15) is 0 Å². The average molecular weight is 174 g/mol. The van der Waals surface area contributed by atoms with Gasteiger partial charge in [0.1, 0.15) is 0 Å². The summed E-state index contributed by atoms with van der Waals surface area (Å²) < 4.78 is 0. The molecule has 4 N–H and O–H groups in total. The van der Waals surface area contributed by atoms with E-state index in [-0.39, 0.29) is 22.5 Å². The Bertz CT molecular complexity index is 34.3. The van der Waals surface area contributed by atoms with Gasteiger partial charge in [0.15, 0.2) is 0 Å². The zero-order valence-electron chi connectivity index (χ0n) is 4.60. The van der Waals surface area contributed by atoms with E-state index in [2.05, 4.69) is 0 Å². The van der Waals surface area contributed by atoms with Gasteiger partial charge in [0, 0.05) is 31.1 Å². The molecule has 0 atom stereocenters. The van der Waals surface area contributed by atoms with Crippen LogP contribution in [-0.4, -0.2) is 28.8 Å². The third kappa shape index (κ3) is 17400. The van der Waals surface area contributed by atoms with E-state index in [1.54, 1.807) is 0 Å². The van der Waals surface area contributed by atoms with Crippen molar-refractivity contribution >= 4 is 5.97 Å². The summed E-state index contributed by atoms with van der Waals surface area (Å²) in [6.07, 6.45) is 0. The fraction of sp³-hybridized carbons (Fsp3) is 0.667. The maximum absolute atomic E-state index is 9.00. The van der Waals surface area contributed by atoms with Gasteiger partial charge in [-0.1, -0.05) is 0 Å². The Morgan fingerprint density at radius 1 is 1.38 bits per heavy atom. The van der Waals surface area contributed by atoms with Crippen LogP contribution in [0.4, 0.5) is 0 Å². The van der Waals surface area contributed by atoms with Gasteiger partial charge in [0.25, 0.3) is 5.97 Å². The number of aliphatic hydroxyl groups excluding tert-OH is 1. The van der Waals surface area contributed by atoms with Crippen LogP contribution in [0.25, 0.3) is 0 Å². The SMILES string of the molecule is CC(=O)O.CO.O.[Cu]. The largest absolute Gasteiger partial charge is 0.481 e. The first-order chi connectivity index (χ1) is 2.73. The second-order valence-electron chi connectivity index (χ2n) is 0.519. The number of hydrogen-bond acceptors (Lipinski definition) is 2. The van der Waals surface area contributed by atoms with Crippen molar-refractivity contribution in [3.05, 3.63) is 0 Å². The smallest absolute Gasteiger partial charge is 0.300 e. The number of carboxylic acids is 1. The minimum atomic E-state index is -0.833. The van der Waals surface area contributed by atoms with Gasteiger partial charge in [-0.3, -0.25) is 4.79 Å². The van der Waals surface area contributed by atoms with Crippen LogP contribution in [0.2, 0.25) is 0 Å². The summed E-state index contributed by atoms with van der Waals surface area (Å²) in [7, 11) is 1.00. The van der Waals surface area contributed by atoms with E-state index in [0.717, 1.165) is 14.0 Å². The molecule has 0 amide bonds. The van der Waals surface area contributed by atoms with Gasteiger partial charge in [-0.05, 0) is 0 Å². The van der Waals surface area contributed by atoms with Gasteiger partial charge < -0.3 is 15.7 Å². The monoisotopic (exact) mass is 173 g/mol. The molecule has 57 valence electrons. The van der Waals surface area contributed by atoms with Gasteiger partial charge in [0.2, 0.25) is 0 Å². The number of aliphatic hydroxyl groups is 1. The maximum atomic E-state index is 9.00. The Morgan fingerprint density at radius 2 is 1.38 bits per heavy atom. The van der Waals surface area contributed by atoms with Crippen molar-refractivity contribution in [1.29, 1.82) is 0 Å². The summed E-state index contributed by atoms with van der Waals surface area (Å²) in [5.41, 5.74) is 0. The summed E-state index contributed by atoms with van der Waals surface area (Å²) in [5, 5.41) is 14.4. The van der Waals surface area contributed by atoms with Crippen LogP contribution < -0.4 is 0 Å². The average Bonchev–Trinajstić information content (AvgIpc) is 1.41. The Kier molecular flexibility index (Phi) is 88.0. The normalized spacial score (nSPS) is 3.88. The minimum Gasteiger partial charge on any atom is -0.481 e. The first-order valence-electron chi connectivity index (χ1n) is 1.37. The number of rotatable bonds is 0. The molecule has 4 nitrogen and oxygen atoms in total. The third-order valence-electron chi connectivity index (χ3n) is 0. The summed E-state index contributed by atoms with van der Waals surface area (Å²) >= 11 is 0. The number of carbonyl (C=O) groups is 1. The predicted molar refractivity (Wildman–Crippen MR) is 25.1 cm³/mol.